The molecule has 0 heterocycles. The lowest BCUT2D eigenvalue weighted by atomic mass is 10.7. The largest absolute Gasteiger partial charge is 0.299 e. The second-order valence-electron chi connectivity index (χ2n) is 5.31. The minimum Gasteiger partial charge on any atom is -0.299 e. The van der Waals surface area contributed by atoms with E-state index in [9.17, 15) is 4.79 Å². The van der Waals surface area contributed by atoms with Crippen LogP contribution in [0.3, 0.4) is 0 Å². The van der Waals surface area contributed by atoms with E-state index in [0.29, 0.717) is 0 Å². The van der Waals surface area contributed by atoms with Crippen LogP contribution in [-0.4, -0.2) is 6.29 Å². The number of hydrogen-bond donors (Lipinski definition) is 0. The molecule has 0 aromatic rings. The third-order valence-electron chi connectivity index (χ3n) is 3.39. The summed E-state index contributed by atoms with van der Waals surface area (Å²) in [4.78, 5) is 10.3. The molecule has 0 aromatic carbocycles. The molecule has 88 valence electrons. The molecule has 0 aromatic heterocycles. The Balaban J connectivity index is 2.93. The standard InChI is InChI=1S/C15H22O/c1-12(9-11-16)7-8-14-13(2)6-5-10-15(14,3)4/h7-9,11H,5-6,10H2,1-4H3/b8-7+,12-9+/i1+1,2+1,3+1,4+1,5+1,6+1,7+1,8+1,9+1,10+1,11+1,12+1,13+1,14+1,15+1. The predicted molar refractivity (Wildman–Crippen MR) is 69.3 cm³/mol. The van der Waals surface area contributed by atoms with Crippen LogP contribution in [-0.2, 0) is 4.79 Å². The lowest BCUT2D eigenvalue weighted by Crippen LogP contribution is -2.19. The molecular weight excluding hydrogens is 211 g/mol. The van der Waals surface area contributed by atoms with Gasteiger partial charge in [0, 0.05) is 0 Å². The summed E-state index contributed by atoms with van der Waals surface area (Å²) in [5.41, 5.74) is 4.22. The van der Waals surface area contributed by atoms with Crippen molar-refractivity contribution < 1.29 is 4.79 Å². The number of carbonyl (C=O) groups excluding carboxylic acids is 1. The number of rotatable bonds is 3. The topological polar surface area (TPSA) is 17.1 Å². The number of carbonyl (C=O) groups is 1. The van der Waals surface area contributed by atoms with Crippen LogP contribution < -0.4 is 0 Å². The molecule has 0 saturated carbocycles. The Hall–Kier alpha value is -1.11. The first kappa shape index (κ1) is 13.0. The van der Waals surface area contributed by atoms with Gasteiger partial charge in [0.1, 0.15) is 6.29 Å². The van der Waals surface area contributed by atoms with Gasteiger partial charge in [-0.2, -0.15) is 0 Å². The number of hydrogen-bond acceptors (Lipinski definition) is 1. The maximum atomic E-state index is 10.3. The highest BCUT2D eigenvalue weighted by Crippen LogP contribution is 2.40. The van der Waals surface area contributed by atoms with Crippen LogP contribution in [0.1, 0.15) is 47.0 Å². The number of aldehydes is 1. The van der Waals surface area contributed by atoms with Crippen LogP contribution in [0.2, 0.25) is 0 Å². The van der Waals surface area contributed by atoms with E-state index in [1.54, 1.807) is 6.08 Å². The van der Waals surface area contributed by atoms with Gasteiger partial charge in [-0.3, -0.25) is 4.79 Å². The van der Waals surface area contributed by atoms with Crippen molar-refractivity contribution in [2.45, 2.75) is 47.0 Å². The first-order chi connectivity index (χ1) is 7.47. The summed E-state index contributed by atoms with van der Waals surface area (Å²) in [7, 11) is 0. The van der Waals surface area contributed by atoms with Crippen LogP contribution in [0.4, 0.5) is 0 Å². The van der Waals surface area contributed by atoms with Crippen molar-refractivity contribution >= 4 is 6.29 Å². The van der Waals surface area contributed by atoms with E-state index in [4.69, 9.17) is 0 Å². The maximum Gasteiger partial charge on any atom is 0.143 e. The second-order valence-corrected chi connectivity index (χ2v) is 5.31. The van der Waals surface area contributed by atoms with E-state index in [1.807, 2.05) is 13.0 Å². The van der Waals surface area contributed by atoms with Crippen molar-refractivity contribution in [2.75, 3.05) is 0 Å². The first-order valence-corrected chi connectivity index (χ1v) is 5.98. The summed E-state index contributed by atoms with van der Waals surface area (Å²) >= 11 is 0. The molecule has 1 rings (SSSR count). The van der Waals surface area contributed by atoms with Crippen molar-refractivity contribution in [1.82, 2.24) is 0 Å². The molecule has 0 unspecified atom stereocenters. The Morgan fingerprint density at radius 1 is 1.38 bits per heavy atom. The van der Waals surface area contributed by atoms with Crippen molar-refractivity contribution in [3.05, 3.63) is 34.9 Å². The Morgan fingerprint density at radius 2 is 2.06 bits per heavy atom. The summed E-state index contributed by atoms with van der Waals surface area (Å²) in [6.07, 6.45) is 10.4. The molecule has 1 heteroatoms. The van der Waals surface area contributed by atoms with E-state index in [-0.39, 0.29) is 5.41 Å². The summed E-state index contributed by atoms with van der Waals surface area (Å²) in [6.45, 7) is 8.78. The Kier molecular flexibility index (Phi) is 4.28. The van der Waals surface area contributed by atoms with Crippen molar-refractivity contribution in [2.24, 2.45) is 5.41 Å². The Labute approximate surface area is 98.9 Å². The summed E-state index contributed by atoms with van der Waals surface area (Å²) < 4.78 is 0. The second kappa shape index (κ2) is 5.29. The highest BCUT2D eigenvalue weighted by Gasteiger charge is 2.26. The third-order valence-corrected chi connectivity index (χ3v) is 3.39. The van der Waals surface area contributed by atoms with Gasteiger partial charge >= 0.3 is 0 Å². The van der Waals surface area contributed by atoms with Gasteiger partial charge < -0.3 is 0 Å². The molecule has 0 radical (unpaired) electrons. The van der Waals surface area contributed by atoms with E-state index >= 15 is 0 Å². The molecule has 0 fully saturated rings. The highest BCUT2D eigenvalue weighted by atomic mass is 16.2. The van der Waals surface area contributed by atoms with Gasteiger partial charge in [0.25, 0.3) is 0 Å². The average Bonchev–Trinajstić information content (AvgIpc) is 2.16. The van der Waals surface area contributed by atoms with Crippen LogP contribution >= 0.6 is 0 Å². The van der Waals surface area contributed by atoms with Gasteiger partial charge in [-0.05, 0) is 55.7 Å². The molecule has 16 heavy (non-hydrogen) atoms. The molecule has 1 nitrogen and oxygen atoms in total. The summed E-state index contributed by atoms with van der Waals surface area (Å²) in [5, 5.41) is 0. The third kappa shape index (κ3) is 3.19. The fourth-order valence-corrected chi connectivity index (χ4v) is 2.39. The quantitative estimate of drug-likeness (QED) is 0.309. The average molecular weight is 233 g/mol. The zero-order valence-electron chi connectivity index (χ0n) is 10.8. The van der Waals surface area contributed by atoms with Crippen molar-refractivity contribution in [3.8, 4) is 0 Å². The highest BCUT2D eigenvalue weighted by molar-refractivity contribution is 5.67. The van der Waals surface area contributed by atoms with Crippen LogP contribution in [0.5, 0.6) is 0 Å². The first-order valence-electron chi connectivity index (χ1n) is 5.98. The number of allylic oxidation sites excluding steroid dienone is 6. The van der Waals surface area contributed by atoms with Crippen molar-refractivity contribution in [1.29, 1.82) is 0 Å². The molecule has 0 aliphatic heterocycles. The predicted octanol–water partition coefficient (Wildman–Crippen LogP) is 4.21. The molecular formula is C15H22O. The molecule has 1 aliphatic carbocycles. The van der Waals surface area contributed by atoms with Gasteiger partial charge in [-0.25, -0.2) is 0 Å². The molecule has 0 N–H and O–H groups in total. The smallest absolute Gasteiger partial charge is 0.143 e. The van der Waals surface area contributed by atoms with Crippen LogP contribution in [0.15, 0.2) is 34.9 Å². The molecule has 0 atom stereocenters. The Morgan fingerprint density at radius 3 is 2.62 bits per heavy atom. The summed E-state index contributed by atoms with van der Waals surface area (Å²) in [5.74, 6) is 0. The zero-order chi connectivity index (χ0) is 12.2. The fraction of sp³-hybridized carbons (Fsp3) is 0.533. The molecule has 0 saturated heterocycles. The van der Waals surface area contributed by atoms with E-state index in [2.05, 4.69) is 26.8 Å². The monoisotopic (exact) mass is 233 g/mol. The SMILES string of the molecule is [13CH3][13C]1=[13C](/[13CH]=[13CH]/[13C]([13CH3])=[13CH]/[13CH]=O)[13C]([13CH3])([13CH3])[13CH2][13CH2][13CH2]1. The molecule has 0 bridgehead atoms. The van der Waals surface area contributed by atoms with Crippen LogP contribution in [0, 0.1) is 5.41 Å². The van der Waals surface area contributed by atoms with Gasteiger partial charge in [0.15, 0.2) is 0 Å². The maximum absolute atomic E-state index is 10.3. The fourth-order valence-electron chi connectivity index (χ4n) is 2.39. The van der Waals surface area contributed by atoms with E-state index in [1.165, 1.54) is 30.4 Å². The Bertz CT molecular complexity index is 354. The van der Waals surface area contributed by atoms with Crippen molar-refractivity contribution in [3.63, 3.8) is 0 Å². The van der Waals surface area contributed by atoms with Gasteiger partial charge in [-0.15, -0.1) is 0 Å². The molecule has 1 aliphatic rings. The molecule has 0 spiro atoms. The van der Waals surface area contributed by atoms with Crippen LogP contribution in [0.25, 0.3) is 0 Å². The minimum atomic E-state index is 0.278. The van der Waals surface area contributed by atoms with Gasteiger partial charge in [0.05, 0.1) is 0 Å². The lowest BCUT2D eigenvalue weighted by molar-refractivity contribution is -0.104. The lowest BCUT2D eigenvalue weighted by Gasteiger charge is -2.32. The zero-order valence-corrected chi connectivity index (χ0v) is 10.8. The summed E-state index contributed by atoms with van der Waals surface area (Å²) in [6, 6.07) is 0. The molecule has 0 amide bonds. The van der Waals surface area contributed by atoms with E-state index in [0.717, 1.165) is 11.9 Å². The minimum absolute atomic E-state index is 0.278. The van der Waals surface area contributed by atoms with Gasteiger partial charge in [-0.1, -0.05) is 31.6 Å². The van der Waals surface area contributed by atoms with E-state index < -0.39 is 0 Å². The van der Waals surface area contributed by atoms with Gasteiger partial charge in [0.2, 0.25) is 0 Å². The normalized spacial score (nSPS) is 21.6.